The molecule has 98 valence electrons. The molecule has 1 aromatic rings. The van der Waals surface area contributed by atoms with Gasteiger partial charge in [0.1, 0.15) is 0 Å². The molecular formula is C16H22O2. The lowest BCUT2D eigenvalue weighted by Crippen LogP contribution is -2.29. The summed E-state index contributed by atoms with van der Waals surface area (Å²) in [5, 5.41) is 9.56. The highest BCUT2D eigenvalue weighted by Gasteiger charge is 2.44. The summed E-state index contributed by atoms with van der Waals surface area (Å²) in [7, 11) is 0. The fraction of sp³-hybridized carbons (Fsp3) is 0.562. The molecule has 0 amide bonds. The van der Waals surface area contributed by atoms with Crippen molar-refractivity contribution >= 4 is 5.97 Å². The minimum absolute atomic E-state index is 0.462. The number of rotatable bonds is 5. The largest absolute Gasteiger partial charge is 0.481 e. The number of carbonyl (C=O) groups is 1. The maximum absolute atomic E-state index is 11.6. The van der Waals surface area contributed by atoms with Crippen molar-refractivity contribution in [2.45, 2.75) is 45.4 Å². The summed E-state index contributed by atoms with van der Waals surface area (Å²) in [5.41, 5.74) is 0.786. The number of aliphatic carboxylic acids is 1. The van der Waals surface area contributed by atoms with Gasteiger partial charge in [0.2, 0.25) is 0 Å². The minimum Gasteiger partial charge on any atom is -0.481 e. The molecule has 0 aliphatic heterocycles. The molecule has 2 rings (SSSR count). The lowest BCUT2D eigenvalue weighted by atomic mass is 9.79. The van der Waals surface area contributed by atoms with Crippen molar-refractivity contribution in [2.75, 3.05) is 0 Å². The summed E-state index contributed by atoms with van der Waals surface area (Å²) < 4.78 is 0. The van der Waals surface area contributed by atoms with Crippen molar-refractivity contribution in [3.63, 3.8) is 0 Å². The molecule has 2 heteroatoms. The molecule has 18 heavy (non-hydrogen) atoms. The molecule has 1 N–H and O–H groups in total. The quantitative estimate of drug-likeness (QED) is 0.855. The van der Waals surface area contributed by atoms with Crippen molar-refractivity contribution < 1.29 is 9.90 Å². The first-order valence-corrected chi connectivity index (χ1v) is 6.93. The zero-order valence-corrected chi connectivity index (χ0v) is 11.1. The highest BCUT2D eigenvalue weighted by Crippen LogP contribution is 2.46. The first-order chi connectivity index (χ1) is 8.66. The zero-order chi connectivity index (χ0) is 13.0. The van der Waals surface area contributed by atoms with E-state index in [0.717, 1.165) is 38.5 Å². The molecule has 1 aliphatic rings. The molecule has 2 atom stereocenters. The second-order valence-electron chi connectivity index (χ2n) is 5.59. The lowest BCUT2D eigenvalue weighted by molar-refractivity contribution is -0.149. The van der Waals surface area contributed by atoms with Gasteiger partial charge in [0, 0.05) is 0 Å². The van der Waals surface area contributed by atoms with Crippen LogP contribution < -0.4 is 0 Å². The number of hydrogen-bond acceptors (Lipinski definition) is 1. The van der Waals surface area contributed by atoms with Crippen LogP contribution in [0.5, 0.6) is 0 Å². The molecule has 0 radical (unpaired) electrons. The average Bonchev–Trinajstić information content (AvgIpc) is 2.83. The van der Waals surface area contributed by atoms with Gasteiger partial charge in [-0.05, 0) is 43.6 Å². The molecule has 2 nitrogen and oxygen atoms in total. The maximum atomic E-state index is 11.6. The van der Waals surface area contributed by atoms with E-state index in [-0.39, 0.29) is 0 Å². The third-order valence-corrected chi connectivity index (χ3v) is 4.48. The number of aryl methyl sites for hydroxylation is 1. The molecular weight excluding hydrogens is 224 g/mol. The summed E-state index contributed by atoms with van der Waals surface area (Å²) in [6.45, 7) is 2.17. The normalized spacial score (nSPS) is 27.3. The zero-order valence-electron chi connectivity index (χ0n) is 11.1. The van der Waals surface area contributed by atoms with Crippen LogP contribution in [0.4, 0.5) is 0 Å². The molecule has 1 fully saturated rings. The topological polar surface area (TPSA) is 37.3 Å². The van der Waals surface area contributed by atoms with Crippen molar-refractivity contribution in [1.29, 1.82) is 0 Å². The maximum Gasteiger partial charge on any atom is 0.309 e. The molecule has 0 bridgehead atoms. The fourth-order valence-corrected chi connectivity index (χ4v) is 3.14. The molecule has 2 unspecified atom stereocenters. The standard InChI is InChI=1S/C16H22O2/c1-2-13-8-10-16(12-13,15(17)18)11-9-14-6-4-3-5-7-14/h3-7,13H,2,8-12H2,1H3,(H,17,18). The Morgan fingerprint density at radius 3 is 2.67 bits per heavy atom. The number of benzene rings is 1. The van der Waals surface area contributed by atoms with Gasteiger partial charge in [-0.25, -0.2) is 0 Å². The highest BCUT2D eigenvalue weighted by atomic mass is 16.4. The van der Waals surface area contributed by atoms with Crippen LogP contribution in [0.2, 0.25) is 0 Å². The predicted octanol–water partition coefficient (Wildman–Crippen LogP) is 3.90. The Labute approximate surface area is 109 Å². The summed E-state index contributed by atoms with van der Waals surface area (Å²) >= 11 is 0. The molecule has 1 saturated carbocycles. The van der Waals surface area contributed by atoms with Gasteiger partial charge < -0.3 is 5.11 Å². The molecule has 0 heterocycles. The summed E-state index contributed by atoms with van der Waals surface area (Å²) in [5.74, 6) is 0.0197. The second-order valence-corrected chi connectivity index (χ2v) is 5.59. The van der Waals surface area contributed by atoms with Crippen molar-refractivity contribution in [3.8, 4) is 0 Å². The smallest absolute Gasteiger partial charge is 0.309 e. The van der Waals surface area contributed by atoms with Crippen LogP contribution >= 0.6 is 0 Å². The highest BCUT2D eigenvalue weighted by molar-refractivity contribution is 5.75. The van der Waals surface area contributed by atoms with Gasteiger partial charge >= 0.3 is 5.97 Å². The third-order valence-electron chi connectivity index (χ3n) is 4.48. The van der Waals surface area contributed by atoms with Gasteiger partial charge in [0.05, 0.1) is 5.41 Å². The summed E-state index contributed by atoms with van der Waals surface area (Å²) in [6.07, 6.45) is 5.57. The Morgan fingerprint density at radius 2 is 2.11 bits per heavy atom. The summed E-state index contributed by atoms with van der Waals surface area (Å²) in [6, 6.07) is 10.2. The van der Waals surface area contributed by atoms with E-state index in [4.69, 9.17) is 0 Å². The van der Waals surface area contributed by atoms with Crippen LogP contribution in [0, 0.1) is 11.3 Å². The van der Waals surface area contributed by atoms with Gasteiger partial charge in [-0.3, -0.25) is 4.79 Å². The number of carboxylic acids is 1. The third kappa shape index (κ3) is 2.74. The Hall–Kier alpha value is -1.31. The van der Waals surface area contributed by atoms with Crippen LogP contribution in [0.25, 0.3) is 0 Å². The van der Waals surface area contributed by atoms with Gasteiger partial charge in [-0.15, -0.1) is 0 Å². The Balaban J connectivity index is 2.02. The molecule has 0 aromatic heterocycles. The van der Waals surface area contributed by atoms with Gasteiger partial charge in [-0.1, -0.05) is 43.7 Å². The van der Waals surface area contributed by atoms with E-state index in [2.05, 4.69) is 19.1 Å². The van der Waals surface area contributed by atoms with E-state index in [1.165, 1.54) is 5.56 Å². The second kappa shape index (κ2) is 5.55. The van der Waals surface area contributed by atoms with Gasteiger partial charge in [-0.2, -0.15) is 0 Å². The lowest BCUT2D eigenvalue weighted by Gasteiger charge is -2.24. The molecule has 1 aliphatic carbocycles. The molecule has 1 aromatic carbocycles. The van der Waals surface area contributed by atoms with Crippen LogP contribution in [-0.4, -0.2) is 11.1 Å². The Kier molecular flexibility index (Phi) is 4.05. The predicted molar refractivity (Wildman–Crippen MR) is 72.5 cm³/mol. The summed E-state index contributed by atoms with van der Waals surface area (Å²) in [4.78, 5) is 11.6. The fourth-order valence-electron chi connectivity index (χ4n) is 3.14. The molecule has 0 spiro atoms. The van der Waals surface area contributed by atoms with E-state index in [9.17, 15) is 9.90 Å². The van der Waals surface area contributed by atoms with Gasteiger partial charge in [0.25, 0.3) is 0 Å². The minimum atomic E-state index is -0.589. The van der Waals surface area contributed by atoms with E-state index >= 15 is 0 Å². The van der Waals surface area contributed by atoms with E-state index < -0.39 is 11.4 Å². The van der Waals surface area contributed by atoms with Crippen molar-refractivity contribution in [2.24, 2.45) is 11.3 Å². The van der Waals surface area contributed by atoms with Gasteiger partial charge in [0.15, 0.2) is 0 Å². The van der Waals surface area contributed by atoms with Crippen LogP contribution in [-0.2, 0) is 11.2 Å². The molecule has 0 saturated heterocycles. The SMILES string of the molecule is CCC1CCC(CCc2ccccc2)(C(=O)O)C1. The first kappa shape index (κ1) is 13.1. The number of hydrogen-bond donors (Lipinski definition) is 1. The van der Waals surface area contributed by atoms with Crippen LogP contribution in [0.1, 0.15) is 44.6 Å². The Morgan fingerprint density at radius 1 is 1.39 bits per heavy atom. The first-order valence-electron chi connectivity index (χ1n) is 6.93. The van der Waals surface area contributed by atoms with Crippen molar-refractivity contribution in [1.82, 2.24) is 0 Å². The number of carboxylic acid groups (broad SMARTS) is 1. The van der Waals surface area contributed by atoms with Crippen LogP contribution in [0.3, 0.4) is 0 Å². The van der Waals surface area contributed by atoms with E-state index in [1.54, 1.807) is 0 Å². The van der Waals surface area contributed by atoms with Crippen LogP contribution in [0.15, 0.2) is 30.3 Å². The average molecular weight is 246 g/mol. The Bertz CT molecular complexity index is 399. The van der Waals surface area contributed by atoms with Crippen molar-refractivity contribution in [3.05, 3.63) is 35.9 Å². The van der Waals surface area contributed by atoms with E-state index in [0.29, 0.717) is 5.92 Å². The van der Waals surface area contributed by atoms with E-state index in [1.807, 2.05) is 18.2 Å². The monoisotopic (exact) mass is 246 g/mol.